The van der Waals surface area contributed by atoms with Crippen molar-refractivity contribution in [3.63, 3.8) is 0 Å². The minimum Gasteiger partial charge on any atom is -0.383 e. The van der Waals surface area contributed by atoms with E-state index in [-0.39, 0.29) is 5.91 Å². The fourth-order valence-corrected chi connectivity index (χ4v) is 2.85. The van der Waals surface area contributed by atoms with Gasteiger partial charge in [0.2, 0.25) is 5.95 Å². The highest BCUT2D eigenvalue weighted by Crippen LogP contribution is 2.20. The molecule has 24 heavy (non-hydrogen) atoms. The van der Waals surface area contributed by atoms with Gasteiger partial charge in [-0.2, -0.15) is 0 Å². The molecule has 2 N–H and O–H groups in total. The van der Waals surface area contributed by atoms with Gasteiger partial charge in [0.25, 0.3) is 5.91 Å². The van der Waals surface area contributed by atoms with E-state index in [1.807, 2.05) is 29.8 Å². The Kier molecular flexibility index (Phi) is 5.32. The van der Waals surface area contributed by atoms with Crippen LogP contribution in [-0.4, -0.2) is 55.5 Å². The third-order valence-corrected chi connectivity index (χ3v) is 4.31. The second kappa shape index (κ2) is 7.63. The number of ether oxygens (including phenoxy) is 2. The summed E-state index contributed by atoms with van der Waals surface area (Å²) < 4.78 is 12.3. The van der Waals surface area contributed by atoms with Crippen molar-refractivity contribution in [2.45, 2.75) is 6.42 Å². The van der Waals surface area contributed by atoms with Crippen molar-refractivity contribution < 1.29 is 14.3 Å². The Balaban J connectivity index is 1.69. The molecule has 0 unspecified atom stereocenters. The van der Waals surface area contributed by atoms with Crippen molar-refractivity contribution in [1.29, 1.82) is 0 Å². The zero-order chi connectivity index (χ0) is 16.9. The van der Waals surface area contributed by atoms with Crippen LogP contribution in [0.5, 0.6) is 0 Å². The van der Waals surface area contributed by atoms with Crippen LogP contribution in [0.4, 0.5) is 5.95 Å². The summed E-state index contributed by atoms with van der Waals surface area (Å²) in [7, 11) is 3.61. The van der Waals surface area contributed by atoms with E-state index in [0.717, 1.165) is 36.6 Å². The third-order valence-electron chi connectivity index (χ3n) is 4.31. The van der Waals surface area contributed by atoms with Gasteiger partial charge in [0.1, 0.15) is 0 Å². The maximum atomic E-state index is 12.3. The molecular formula is C17H24N4O3. The van der Waals surface area contributed by atoms with Gasteiger partial charge in [0.05, 0.1) is 24.2 Å². The predicted octanol–water partition coefficient (Wildman–Crippen LogP) is 1.40. The van der Waals surface area contributed by atoms with Crippen LogP contribution in [0.1, 0.15) is 16.8 Å². The minimum atomic E-state index is -0.0663. The molecule has 1 aliphatic rings. The number of imidazole rings is 1. The maximum absolute atomic E-state index is 12.3. The van der Waals surface area contributed by atoms with Crippen molar-refractivity contribution in [1.82, 2.24) is 14.9 Å². The van der Waals surface area contributed by atoms with Crippen LogP contribution in [0.2, 0.25) is 0 Å². The summed E-state index contributed by atoms with van der Waals surface area (Å²) in [6.07, 6.45) is 1.01. The number of benzene rings is 1. The number of carbonyl (C=O) groups excluding carboxylic acids is 1. The molecule has 130 valence electrons. The van der Waals surface area contributed by atoms with Crippen LogP contribution in [0.25, 0.3) is 11.0 Å². The average molecular weight is 332 g/mol. The fraction of sp³-hybridized carbons (Fsp3) is 0.529. The number of aryl methyl sites for hydroxylation is 1. The van der Waals surface area contributed by atoms with Crippen molar-refractivity contribution in [2.24, 2.45) is 13.0 Å². The maximum Gasteiger partial charge on any atom is 0.251 e. The quantitative estimate of drug-likeness (QED) is 0.750. The van der Waals surface area contributed by atoms with Gasteiger partial charge >= 0.3 is 0 Å². The molecule has 0 bridgehead atoms. The number of methoxy groups -OCH3 is 1. The van der Waals surface area contributed by atoms with E-state index in [4.69, 9.17) is 9.47 Å². The van der Waals surface area contributed by atoms with Gasteiger partial charge < -0.3 is 24.7 Å². The first-order valence-electron chi connectivity index (χ1n) is 8.24. The number of hydrogen-bond acceptors (Lipinski definition) is 5. The van der Waals surface area contributed by atoms with Crippen LogP contribution in [-0.2, 0) is 16.5 Å². The standard InChI is InChI=1S/C17H24N4O3/c1-21-15-4-3-13(16(22)19-10-12-5-7-24-11-12)9-14(15)20-17(21)18-6-8-23-2/h3-4,9,12H,5-8,10-11H2,1-2H3,(H,18,20)(H,19,22)/t12-/m1/s1. The van der Waals surface area contributed by atoms with Gasteiger partial charge in [-0.1, -0.05) is 0 Å². The summed E-state index contributed by atoms with van der Waals surface area (Å²) in [6, 6.07) is 5.60. The Labute approximate surface area is 141 Å². The van der Waals surface area contributed by atoms with Gasteiger partial charge in [-0.25, -0.2) is 4.98 Å². The van der Waals surface area contributed by atoms with Crippen molar-refractivity contribution >= 4 is 22.9 Å². The molecule has 0 radical (unpaired) electrons. The molecule has 1 aromatic carbocycles. The molecule has 1 fully saturated rings. The molecule has 1 saturated heterocycles. The highest BCUT2D eigenvalue weighted by molar-refractivity contribution is 5.97. The number of aromatic nitrogens is 2. The molecule has 1 atom stereocenters. The van der Waals surface area contributed by atoms with E-state index in [2.05, 4.69) is 15.6 Å². The van der Waals surface area contributed by atoms with Crippen LogP contribution in [0.15, 0.2) is 18.2 Å². The number of carbonyl (C=O) groups is 1. The first kappa shape index (κ1) is 16.7. The largest absolute Gasteiger partial charge is 0.383 e. The lowest BCUT2D eigenvalue weighted by atomic mass is 10.1. The van der Waals surface area contributed by atoms with E-state index < -0.39 is 0 Å². The Hall–Kier alpha value is -2.12. The summed E-state index contributed by atoms with van der Waals surface area (Å²) >= 11 is 0. The molecule has 1 aromatic heterocycles. The lowest BCUT2D eigenvalue weighted by Gasteiger charge is -2.09. The molecule has 7 nitrogen and oxygen atoms in total. The molecule has 2 aromatic rings. The van der Waals surface area contributed by atoms with Gasteiger partial charge in [0.15, 0.2) is 0 Å². The second-order valence-electron chi connectivity index (χ2n) is 6.06. The number of rotatable bonds is 7. The van der Waals surface area contributed by atoms with Gasteiger partial charge in [0, 0.05) is 45.3 Å². The Morgan fingerprint density at radius 3 is 3.12 bits per heavy atom. The van der Waals surface area contributed by atoms with Gasteiger partial charge in [-0.3, -0.25) is 4.79 Å². The summed E-state index contributed by atoms with van der Waals surface area (Å²) in [4.78, 5) is 16.9. The molecular weight excluding hydrogens is 308 g/mol. The van der Waals surface area contributed by atoms with Gasteiger partial charge in [-0.15, -0.1) is 0 Å². The van der Waals surface area contributed by atoms with E-state index >= 15 is 0 Å². The molecule has 0 spiro atoms. The highest BCUT2D eigenvalue weighted by Gasteiger charge is 2.17. The number of anilines is 1. The normalized spacial score (nSPS) is 17.3. The first-order valence-corrected chi connectivity index (χ1v) is 8.24. The SMILES string of the molecule is COCCNc1nc2cc(C(=O)NC[C@H]3CCOC3)ccc2n1C. The fourth-order valence-electron chi connectivity index (χ4n) is 2.85. The van der Waals surface area contributed by atoms with Crippen LogP contribution in [0.3, 0.4) is 0 Å². The monoisotopic (exact) mass is 332 g/mol. The highest BCUT2D eigenvalue weighted by atomic mass is 16.5. The Morgan fingerprint density at radius 2 is 2.38 bits per heavy atom. The molecule has 0 saturated carbocycles. The first-order chi connectivity index (χ1) is 11.7. The van der Waals surface area contributed by atoms with Crippen molar-refractivity contribution in [3.8, 4) is 0 Å². The summed E-state index contributed by atoms with van der Waals surface area (Å²) in [6.45, 7) is 3.48. The second-order valence-corrected chi connectivity index (χ2v) is 6.06. The number of nitrogens with one attached hydrogen (secondary N) is 2. The number of nitrogens with zero attached hydrogens (tertiary/aromatic N) is 2. The zero-order valence-corrected chi connectivity index (χ0v) is 14.2. The van der Waals surface area contributed by atoms with E-state index in [1.54, 1.807) is 7.11 Å². The summed E-state index contributed by atoms with van der Waals surface area (Å²) in [5.74, 6) is 1.12. The topological polar surface area (TPSA) is 77.4 Å². The molecule has 1 aliphatic heterocycles. The van der Waals surface area contributed by atoms with Gasteiger partial charge in [-0.05, 0) is 24.6 Å². The lowest BCUT2D eigenvalue weighted by Crippen LogP contribution is -2.29. The lowest BCUT2D eigenvalue weighted by molar-refractivity contribution is 0.0945. The molecule has 2 heterocycles. The average Bonchev–Trinajstić information content (AvgIpc) is 3.21. The summed E-state index contributed by atoms with van der Waals surface area (Å²) in [5.41, 5.74) is 2.41. The van der Waals surface area contributed by atoms with Crippen LogP contribution < -0.4 is 10.6 Å². The van der Waals surface area contributed by atoms with Crippen molar-refractivity contribution in [3.05, 3.63) is 23.8 Å². The van der Waals surface area contributed by atoms with Crippen LogP contribution in [0, 0.1) is 5.92 Å². The van der Waals surface area contributed by atoms with Crippen LogP contribution >= 0.6 is 0 Å². The Bertz CT molecular complexity index is 707. The Morgan fingerprint density at radius 1 is 1.50 bits per heavy atom. The molecule has 1 amide bonds. The minimum absolute atomic E-state index is 0.0663. The van der Waals surface area contributed by atoms with E-state index in [1.165, 1.54) is 0 Å². The summed E-state index contributed by atoms with van der Waals surface area (Å²) in [5, 5.41) is 6.21. The van der Waals surface area contributed by atoms with Crippen molar-refractivity contribution in [2.75, 3.05) is 45.3 Å². The zero-order valence-electron chi connectivity index (χ0n) is 14.2. The molecule has 3 rings (SSSR count). The smallest absolute Gasteiger partial charge is 0.251 e. The van der Waals surface area contributed by atoms with E-state index in [9.17, 15) is 4.79 Å². The van der Waals surface area contributed by atoms with E-state index in [0.29, 0.717) is 31.2 Å². The number of hydrogen-bond donors (Lipinski definition) is 2. The predicted molar refractivity (Wildman–Crippen MR) is 92.3 cm³/mol. The molecule has 0 aliphatic carbocycles. The third kappa shape index (κ3) is 3.68. The number of fused-ring (bicyclic) bond motifs is 1. The number of amides is 1. The molecule has 7 heteroatoms.